The normalized spacial score (nSPS) is 12.5. The number of aryl methyl sites for hydroxylation is 1. The summed E-state index contributed by atoms with van der Waals surface area (Å²) in [7, 11) is 1.52. The zero-order valence-corrected chi connectivity index (χ0v) is 19.1. The number of fused-ring (bicyclic) bond motifs is 1. The molecular formula is C27H25N3O4. The van der Waals surface area contributed by atoms with Crippen LogP contribution >= 0.6 is 0 Å². The summed E-state index contributed by atoms with van der Waals surface area (Å²) in [4.78, 5) is 53.4. The van der Waals surface area contributed by atoms with Crippen LogP contribution in [-0.2, 0) is 11.2 Å². The van der Waals surface area contributed by atoms with Crippen LogP contribution < -0.4 is 5.32 Å². The van der Waals surface area contributed by atoms with Gasteiger partial charge >= 0.3 is 0 Å². The summed E-state index contributed by atoms with van der Waals surface area (Å²) in [5.74, 6) is -1.52. The first-order valence-electron chi connectivity index (χ1n) is 11.0. The molecule has 7 nitrogen and oxygen atoms in total. The zero-order chi connectivity index (χ0) is 24.2. The number of rotatable bonds is 7. The van der Waals surface area contributed by atoms with E-state index in [1.807, 2.05) is 49.4 Å². The summed E-state index contributed by atoms with van der Waals surface area (Å²) in [6.45, 7) is 2.06. The van der Waals surface area contributed by atoms with E-state index < -0.39 is 11.8 Å². The van der Waals surface area contributed by atoms with E-state index in [1.54, 1.807) is 12.1 Å². The Hall–Kier alpha value is -4.26. The number of nitrogens with one attached hydrogen (secondary N) is 1. The van der Waals surface area contributed by atoms with Crippen LogP contribution in [0.1, 0.15) is 42.2 Å². The highest BCUT2D eigenvalue weighted by Crippen LogP contribution is 2.25. The molecule has 3 aromatic carbocycles. The molecule has 4 rings (SSSR count). The van der Waals surface area contributed by atoms with Crippen molar-refractivity contribution >= 4 is 29.3 Å². The molecule has 1 aliphatic heterocycles. The second-order valence-corrected chi connectivity index (χ2v) is 8.33. The lowest BCUT2D eigenvalue weighted by atomic mass is 10.0. The number of carbonyl (C=O) groups is 4. The van der Waals surface area contributed by atoms with Crippen LogP contribution in [0.15, 0.2) is 72.8 Å². The maximum atomic E-state index is 12.9. The SMILES string of the molecule is Cc1ccc(NC(=O)CN(C)C(=O)c2ccc3c(c2)C(=O)N(CCc2ccccc2)C3=O)cc1. The highest BCUT2D eigenvalue weighted by atomic mass is 16.2. The maximum absolute atomic E-state index is 12.9. The van der Waals surface area contributed by atoms with Crippen molar-refractivity contribution in [1.82, 2.24) is 9.80 Å². The number of anilines is 1. The van der Waals surface area contributed by atoms with Crippen molar-refractivity contribution in [2.24, 2.45) is 0 Å². The molecule has 0 aliphatic carbocycles. The number of hydrogen-bond donors (Lipinski definition) is 1. The molecule has 1 N–H and O–H groups in total. The van der Waals surface area contributed by atoms with Crippen molar-refractivity contribution in [2.45, 2.75) is 13.3 Å². The number of imide groups is 1. The van der Waals surface area contributed by atoms with E-state index in [9.17, 15) is 19.2 Å². The van der Waals surface area contributed by atoms with Gasteiger partial charge in [0.2, 0.25) is 5.91 Å². The van der Waals surface area contributed by atoms with E-state index in [1.165, 1.54) is 35.0 Å². The largest absolute Gasteiger partial charge is 0.332 e. The first-order valence-corrected chi connectivity index (χ1v) is 11.0. The lowest BCUT2D eigenvalue weighted by molar-refractivity contribution is -0.116. The van der Waals surface area contributed by atoms with Crippen LogP contribution in [0, 0.1) is 6.92 Å². The molecule has 0 saturated carbocycles. The van der Waals surface area contributed by atoms with Gasteiger partial charge in [-0.15, -0.1) is 0 Å². The van der Waals surface area contributed by atoms with Crippen molar-refractivity contribution in [3.63, 3.8) is 0 Å². The lowest BCUT2D eigenvalue weighted by Gasteiger charge is -2.17. The predicted octanol–water partition coefficient (Wildman–Crippen LogP) is 3.54. The smallest absolute Gasteiger partial charge is 0.261 e. The standard InChI is InChI=1S/C27H25N3O4/c1-18-8-11-21(12-9-18)28-24(31)17-29(2)25(32)20-10-13-22-23(16-20)27(34)30(26(22)33)15-14-19-6-4-3-5-7-19/h3-13,16H,14-15,17H2,1-2H3,(H,28,31). The van der Waals surface area contributed by atoms with Crippen LogP contribution in [0.25, 0.3) is 0 Å². The molecule has 0 fully saturated rings. The third-order valence-electron chi connectivity index (χ3n) is 5.75. The van der Waals surface area contributed by atoms with E-state index in [0.29, 0.717) is 12.1 Å². The Balaban J connectivity index is 1.41. The Morgan fingerprint density at radius 3 is 2.26 bits per heavy atom. The quantitative estimate of drug-likeness (QED) is 0.552. The minimum absolute atomic E-state index is 0.153. The third kappa shape index (κ3) is 4.88. The first kappa shape index (κ1) is 22.9. The van der Waals surface area contributed by atoms with Crippen LogP contribution in [0.3, 0.4) is 0 Å². The van der Waals surface area contributed by atoms with Crippen LogP contribution in [0.2, 0.25) is 0 Å². The molecule has 0 saturated heterocycles. The molecule has 0 radical (unpaired) electrons. The predicted molar refractivity (Wildman–Crippen MR) is 129 cm³/mol. The molecule has 0 bridgehead atoms. The van der Waals surface area contributed by atoms with Gasteiger partial charge in [-0.3, -0.25) is 24.1 Å². The number of carbonyl (C=O) groups excluding carboxylic acids is 4. The van der Waals surface area contributed by atoms with Gasteiger partial charge in [-0.1, -0.05) is 48.0 Å². The van der Waals surface area contributed by atoms with Crippen LogP contribution in [-0.4, -0.2) is 53.6 Å². The summed E-state index contributed by atoms with van der Waals surface area (Å²) in [5.41, 5.74) is 3.49. The number of benzene rings is 3. The number of amides is 4. The fourth-order valence-electron chi connectivity index (χ4n) is 3.86. The highest BCUT2D eigenvalue weighted by Gasteiger charge is 2.35. The fraction of sp³-hybridized carbons (Fsp3) is 0.185. The molecule has 0 aromatic heterocycles. The Labute approximate surface area is 198 Å². The topological polar surface area (TPSA) is 86.8 Å². The van der Waals surface area contributed by atoms with Crippen molar-refractivity contribution in [2.75, 3.05) is 25.5 Å². The van der Waals surface area contributed by atoms with Gasteiger partial charge < -0.3 is 10.2 Å². The van der Waals surface area contributed by atoms with E-state index >= 15 is 0 Å². The molecular weight excluding hydrogens is 430 g/mol. The lowest BCUT2D eigenvalue weighted by Crippen LogP contribution is -2.35. The van der Waals surface area contributed by atoms with Gasteiger partial charge in [0, 0.05) is 24.8 Å². The Morgan fingerprint density at radius 2 is 1.56 bits per heavy atom. The molecule has 1 heterocycles. The van der Waals surface area contributed by atoms with Crippen LogP contribution in [0.5, 0.6) is 0 Å². The summed E-state index contributed by atoms with van der Waals surface area (Å²) < 4.78 is 0. The third-order valence-corrected chi connectivity index (χ3v) is 5.75. The van der Waals surface area contributed by atoms with Gasteiger partial charge in [-0.2, -0.15) is 0 Å². The van der Waals surface area contributed by atoms with Crippen molar-refractivity contribution in [3.8, 4) is 0 Å². The van der Waals surface area contributed by atoms with Gasteiger partial charge in [0.05, 0.1) is 17.7 Å². The van der Waals surface area contributed by atoms with Gasteiger partial charge in [-0.25, -0.2) is 0 Å². The van der Waals surface area contributed by atoms with Crippen molar-refractivity contribution in [3.05, 3.63) is 101 Å². The average molecular weight is 456 g/mol. The average Bonchev–Trinajstić information content (AvgIpc) is 3.08. The molecule has 34 heavy (non-hydrogen) atoms. The summed E-state index contributed by atoms with van der Waals surface area (Å²) in [6, 6.07) is 21.4. The zero-order valence-electron chi connectivity index (χ0n) is 19.1. The van der Waals surface area contributed by atoms with E-state index in [-0.39, 0.29) is 41.6 Å². The monoisotopic (exact) mass is 455 g/mol. The minimum Gasteiger partial charge on any atom is -0.332 e. The summed E-state index contributed by atoms with van der Waals surface area (Å²) in [5, 5.41) is 2.76. The second kappa shape index (κ2) is 9.70. The van der Waals surface area contributed by atoms with Gasteiger partial charge in [0.1, 0.15) is 0 Å². The van der Waals surface area contributed by atoms with E-state index in [2.05, 4.69) is 5.32 Å². The van der Waals surface area contributed by atoms with Crippen molar-refractivity contribution < 1.29 is 19.2 Å². The number of hydrogen-bond acceptors (Lipinski definition) is 4. The van der Waals surface area contributed by atoms with Gasteiger partial charge in [-0.05, 0) is 49.2 Å². The Bertz CT molecular complexity index is 1250. The van der Waals surface area contributed by atoms with Gasteiger partial charge in [0.25, 0.3) is 17.7 Å². The fourth-order valence-corrected chi connectivity index (χ4v) is 3.86. The Kier molecular flexibility index (Phi) is 6.54. The number of likely N-dealkylation sites (N-methyl/N-ethyl adjacent to an activating group) is 1. The molecule has 3 aromatic rings. The van der Waals surface area contributed by atoms with Gasteiger partial charge in [0.15, 0.2) is 0 Å². The molecule has 1 aliphatic rings. The molecule has 172 valence electrons. The molecule has 4 amide bonds. The highest BCUT2D eigenvalue weighted by molar-refractivity contribution is 6.22. The molecule has 0 spiro atoms. The molecule has 0 atom stereocenters. The first-order chi connectivity index (χ1) is 16.3. The Morgan fingerprint density at radius 1 is 0.882 bits per heavy atom. The number of nitrogens with zero attached hydrogens (tertiary/aromatic N) is 2. The second-order valence-electron chi connectivity index (χ2n) is 8.33. The van der Waals surface area contributed by atoms with E-state index in [0.717, 1.165) is 11.1 Å². The molecule has 0 unspecified atom stereocenters. The minimum atomic E-state index is -0.412. The molecule has 7 heteroatoms. The summed E-state index contributed by atoms with van der Waals surface area (Å²) in [6.07, 6.45) is 0.553. The van der Waals surface area contributed by atoms with E-state index in [4.69, 9.17) is 0 Å². The van der Waals surface area contributed by atoms with Crippen LogP contribution in [0.4, 0.5) is 5.69 Å². The summed E-state index contributed by atoms with van der Waals surface area (Å²) >= 11 is 0. The van der Waals surface area contributed by atoms with Crippen molar-refractivity contribution in [1.29, 1.82) is 0 Å². The maximum Gasteiger partial charge on any atom is 0.261 e.